The van der Waals surface area contributed by atoms with Gasteiger partial charge in [0.25, 0.3) is 0 Å². The smallest absolute Gasteiger partial charge is 0.304 e. The van der Waals surface area contributed by atoms with Crippen molar-refractivity contribution in [1.82, 2.24) is 14.5 Å². The summed E-state index contributed by atoms with van der Waals surface area (Å²) in [6.07, 6.45) is 0. The summed E-state index contributed by atoms with van der Waals surface area (Å²) in [6, 6.07) is 15.0. The first-order valence-corrected chi connectivity index (χ1v) is 12.3. The van der Waals surface area contributed by atoms with Crippen LogP contribution in [0.2, 0.25) is 0 Å². The molecule has 0 aliphatic carbocycles. The minimum atomic E-state index is -3.95. The van der Waals surface area contributed by atoms with E-state index in [4.69, 9.17) is 0 Å². The molecule has 0 radical (unpaired) electrons. The van der Waals surface area contributed by atoms with Crippen molar-refractivity contribution in [3.05, 3.63) is 64.6 Å². The van der Waals surface area contributed by atoms with Gasteiger partial charge in [0.05, 0.1) is 5.69 Å². The molecule has 2 amide bonds. The summed E-state index contributed by atoms with van der Waals surface area (Å²) in [4.78, 5) is 27.4. The Labute approximate surface area is 198 Å². The highest BCUT2D eigenvalue weighted by Crippen LogP contribution is 2.21. The zero-order valence-corrected chi connectivity index (χ0v) is 21.1. The lowest BCUT2D eigenvalue weighted by Crippen LogP contribution is -2.52. The largest absolute Gasteiger partial charge is 0.355 e. The van der Waals surface area contributed by atoms with Crippen LogP contribution in [0.15, 0.2) is 59.1 Å². The van der Waals surface area contributed by atoms with Gasteiger partial charge in [-0.05, 0) is 43.7 Å². The minimum absolute atomic E-state index is 0.154. The van der Waals surface area contributed by atoms with Crippen molar-refractivity contribution in [1.29, 1.82) is 0 Å². The van der Waals surface area contributed by atoms with Crippen molar-refractivity contribution in [2.45, 2.75) is 26.4 Å². The third-order valence-electron chi connectivity index (χ3n) is 4.82. The number of carbonyl (C=O) groups excluding carboxylic acids is 2. The van der Waals surface area contributed by atoms with Gasteiger partial charge in [0.2, 0.25) is 11.8 Å². The Hall–Kier alpha value is -2.43. The van der Waals surface area contributed by atoms with Crippen LogP contribution < -0.4 is 9.62 Å². The van der Waals surface area contributed by atoms with E-state index in [1.807, 2.05) is 24.3 Å². The van der Waals surface area contributed by atoms with E-state index in [1.54, 1.807) is 44.2 Å². The molecule has 174 valence electrons. The zero-order valence-electron chi connectivity index (χ0n) is 18.7. The van der Waals surface area contributed by atoms with Crippen molar-refractivity contribution < 1.29 is 18.0 Å². The summed E-state index contributed by atoms with van der Waals surface area (Å²) in [5.74, 6) is -0.796. The van der Waals surface area contributed by atoms with Crippen LogP contribution >= 0.6 is 15.9 Å². The molecule has 10 heteroatoms. The molecule has 0 aromatic heterocycles. The first-order valence-electron chi connectivity index (χ1n) is 10.1. The maximum Gasteiger partial charge on any atom is 0.304 e. The second-order valence-corrected chi connectivity index (χ2v) is 10.3. The molecule has 0 bridgehead atoms. The van der Waals surface area contributed by atoms with Gasteiger partial charge >= 0.3 is 10.2 Å². The second kappa shape index (κ2) is 11.4. The first kappa shape index (κ1) is 25.8. The Balaban J connectivity index is 2.42. The van der Waals surface area contributed by atoms with Gasteiger partial charge in [-0.25, -0.2) is 4.31 Å². The van der Waals surface area contributed by atoms with E-state index in [0.717, 1.165) is 18.6 Å². The van der Waals surface area contributed by atoms with Crippen molar-refractivity contribution >= 4 is 43.6 Å². The molecule has 32 heavy (non-hydrogen) atoms. The van der Waals surface area contributed by atoms with Crippen LogP contribution in [0.5, 0.6) is 0 Å². The molecule has 2 aromatic rings. The lowest BCUT2D eigenvalue weighted by Gasteiger charge is -2.32. The molecule has 0 saturated carbocycles. The van der Waals surface area contributed by atoms with E-state index in [1.165, 1.54) is 19.0 Å². The standard InChI is InChI=1S/C22H29BrN4O4S/c1-5-24-22(29)17(2)26(15-18-10-9-11-19(23)14-18)21(28)16-27(32(30,31)25(3)4)20-12-7-6-8-13-20/h6-14,17H,5,15-16H2,1-4H3,(H,24,29)/t17-/m0/s1. The highest BCUT2D eigenvalue weighted by atomic mass is 79.9. The minimum Gasteiger partial charge on any atom is -0.355 e. The number of carbonyl (C=O) groups is 2. The van der Waals surface area contributed by atoms with Gasteiger partial charge in [0.1, 0.15) is 12.6 Å². The molecule has 0 saturated heterocycles. The molecule has 0 aliphatic rings. The average Bonchev–Trinajstić information content (AvgIpc) is 2.75. The van der Waals surface area contributed by atoms with Crippen LogP contribution in [0.3, 0.4) is 0 Å². The van der Waals surface area contributed by atoms with Crippen molar-refractivity contribution in [3.63, 3.8) is 0 Å². The number of nitrogens with one attached hydrogen (secondary N) is 1. The molecule has 0 heterocycles. The maximum absolute atomic E-state index is 13.4. The average molecular weight is 525 g/mol. The van der Waals surface area contributed by atoms with Gasteiger partial charge in [-0.15, -0.1) is 0 Å². The molecule has 1 N–H and O–H groups in total. The third-order valence-corrected chi connectivity index (χ3v) is 7.14. The molecule has 1 atom stereocenters. The fraction of sp³-hybridized carbons (Fsp3) is 0.364. The number of nitrogens with zero attached hydrogens (tertiary/aromatic N) is 3. The van der Waals surface area contributed by atoms with E-state index in [0.29, 0.717) is 12.2 Å². The number of halogens is 1. The Morgan fingerprint density at radius 3 is 2.28 bits per heavy atom. The van der Waals surface area contributed by atoms with Gasteiger partial charge in [-0.3, -0.25) is 9.59 Å². The summed E-state index contributed by atoms with van der Waals surface area (Å²) in [7, 11) is -1.13. The molecule has 8 nitrogen and oxygen atoms in total. The second-order valence-electron chi connectivity index (χ2n) is 7.35. The molecular weight excluding hydrogens is 496 g/mol. The van der Waals surface area contributed by atoms with Crippen LogP contribution in [0, 0.1) is 0 Å². The van der Waals surface area contributed by atoms with E-state index in [9.17, 15) is 18.0 Å². The number of anilines is 1. The summed E-state index contributed by atoms with van der Waals surface area (Å²) in [6.45, 7) is 3.57. The van der Waals surface area contributed by atoms with Crippen LogP contribution in [-0.4, -0.2) is 62.7 Å². The lowest BCUT2D eigenvalue weighted by molar-refractivity contribution is -0.139. The number of para-hydroxylation sites is 1. The molecule has 0 fully saturated rings. The quantitative estimate of drug-likeness (QED) is 0.517. The summed E-state index contributed by atoms with van der Waals surface area (Å²) >= 11 is 3.42. The number of benzene rings is 2. The number of hydrogen-bond donors (Lipinski definition) is 1. The molecule has 2 aromatic carbocycles. The molecule has 0 spiro atoms. The number of hydrogen-bond acceptors (Lipinski definition) is 4. The summed E-state index contributed by atoms with van der Waals surface area (Å²) in [5, 5.41) is 2.73. The predicted octanol–water partition coefficient (Wildman–Crippen LogP) is 2.62. The molecule has 0 aliphatic heterocycles. The Kier molecular flexibility index (Phi) is 9.23. The van der Waals surface area contributed by atoms with E-state index >= 15 is 0 Å². The highest BCUT2D eigenvalue weighted by molar-refractivity contribution is 9.10. The first-order chi connectivity index (χ1) is 15.1. The Bertz CT molecular complexity index is 1030. The van der Waals surface area contributed by atoms with E-state index in [-0.39, 0.29) is 12.5 Å². The van der Waals surface area contributed by atoms with E-state index in [2.05, 4.69) is 21.2 Å². The Morgan fingerprint density at radius 2 is 1.72 bits per heavy atom. The fourth-order valence-corrected chi connectivity index (χ4v) is 4.55. The van der Waals surface area contributed by atoms with Gasteiger partial charge in [0, 0.05) is 31.7 Å². The van der Waals surface area contributed by atoms with Crippen LogP contribution in [0.25, 0.3) is 0 Å². The van der Waals surface area contributed by atoms with Crippen LogP contribution in [0.4, 0.5) is 5.69 Å². The molecule has 2 rings (SSSR count). The highest BCUT2D eigenvalue weighted by Gasteiger charge is 2.32. The number of rotatable bonds is 10. The molecule has 0 unspecified atom stereocenters. The number of likely N-dealkylation sites (N-methyl/N-ethyl adjacent to an activating group) is 1. The van der Waals surface area contributed by atoms with Gasteiger partial charge in [0.15, 0.2) is 0 Å². The molecular formula is C22H29BrN4O4S. The van der Waals surface area contributed by atoms with Crippen LogP contribution in [0.1, 0.15) is 19.4 Å². The number of amides is 2. The lowest BCUT2D eigenvalue weighted by atomic mass is 10.1. The van der Waals surface area contributed by atoms with Gasteiger partial charge in [-0.1, -0.05) is 46.3 Å². The fourth-order valence-electron chi connectivity index (χ4n) is 3.05. The summed E-state index contributed by atoms with van der Waals surface area (Å²) < 4.78 is 28.9. The van der Waals surface area contributed by atoms with Crippen LogP contribution in [-0.2, 0) is 26.3 Å². The van der Waals surface area contributed by atoms with Gasteiger partial charge in [-0.2, -0.15) is 12.7 Å². The predicted molar refractivity (Wildman–Crippen MR) is 129 cm³/mol. The normalized spacial score (nSPS) is 12.3. The van der Waals surface area contributed by atoms with Crippen molar-refractivity contribution in [3.8, 4) is 0 Å². The zero-order chi connectivity index (χ0) is 23.9. The van der Waals surface area contributed by atoms with Gasteiger partial charge < -0.3 is 10.2 Å². The summed E-state index contributed by atoms with van der Waals surface area (Å²) in [5.41, 5.74) is 1.17. The van der Waals surface area contributed by atoms with E-state index < -0.39 is 28.7 Å². The maximum atomic E-state index is 13.4. The van der Waals surface area contributed by atoms with Crippen molar-refractivity contribution in [2.24, 2.45) is 0 Å². The topological polar surface area (TPSA) is 90.0 Å². The SMILES string of the molecule is CCNC(=O)[C@H](C)N(Cc1cccc(Br)c1)C(=O)CN(c1ccccc1)S(=O)(=O)N(C)C. The van der Waals surface area contributed by atoms with Crippen molar-refractivity contribution in [2.75, 3.05) is 31.5 Å². The Morgan fingerprint density at radius 1 is 1.06 bits per heavy atom. The monoisotopic (exact) mass is 524 g/mol. The third kappa shape index (κ3) is 6.54.